The van der Waals surface area contributed by atoms with Crippen LogP contribution in [0.5, 0.6) is 0 Å². The van der Waals surface area contributed by atoms with Crippen molar-refractivity contribution in [3.05, 3.63) is 23.4 Å². The molecule has 1 aromatic rings. The Morgan fingerprint density at radius 1 is 1.28 bits per heavy atom. The first-order valence-electron chi connectivity index (χ1n) is 9.41. The zero-order chi connectivity index (χ0) is 17.6. The van der Waals surface area contributed by atoms with Gasteiger partial charge in [0.25, 0.3) is 0 Å². The highest BCUT2D eigenvalue weighted by molar-refractivity contribution is 5.76. The molecule has 5 rings (SSSR count). The normalized spacial score (nSPS) is 29.2. The second-order valence-corrected chi connectivity index (χ2v) is 8.39. The van der Waals surface area contributed by atoms with Gasteiger partial charge >= 0.3 is 0 Å². The fraction of sp³-hybridized carbons (Fsp3) is 0.737. The zero-order valence-corrected chi connectivity index (χ0v) is 15.5. The lowest BCUT2D eigenvalue weighted by molar-refractivity contribution is -0.131. The van der Waals surface area contributed by atoms with Crippen LogP contribution >= 0.6 is 0 Å². The van der Waals surface area contributed by atoms with Crippen molar-refractivity contribution < 1.29 is 9.32 Å². The fourth-order valence-corrected chi connectivity index (χ4v) is 4.73. The monoisotopic (exact) mass is 344 g/mol. The van der Waals surface area contributed by atoms with Gasteiger partial charge in [-0.05, 0) is 30.1 Å². The second kappa shape index (κ2) is 6.24. The summed E-state index contributed by atoms with van der Waals surface area (Å²) in [7, 11) is 0. The van der Waals surface area contributed by atoms with Crippen LogP contribution in [0, 0.1) is 24.2 Å². The van der Waals surface area contributed by atoms with Crippen molar-refractivity contribution in [2.45, 2.75) is 46.6 Å². The smallest absolute Gasteiger partial charge is 0.224 e. The van der Waals surface area contributed by atoms with Crippen LogP contribution in [-0.4, -0.2) is 52.0 Å². The van der Waals surface area contributed by atoms with E-state index >= 15 is 0 Å². The van der Waals surface area contributed by atoms with Crippen LogP contribution in [0.15, 0.2) is 16.2 Å². The van der Waals surface area contributed by atoms with E-state index in [1.807, 2.05) is 4.90 Å². The number of hydrogen-bond acceptors (Lipinski definition) is 5. The molecule has 2 bridgehead atoms. The highest BCUT2D eigenvalue weighted by Gasteiger charge is 2.51. The van der Waals surface area contributed by atoms with Gasteiger partial charge < -0.3 is 9.42 Å². The van der Waals surface area contributed by atoms with Crippen LogP contribution in [0.1, 0.15) is 44.8 Å². The van der Waals surface area contributed by atoms with Crippen molar-refractivity contribution in [3.8, 4) is 0 Å². The predicted octanol–water partition coefficient (Wildman–Crippen LogP) is 2.40. The van der Waals surface area contributed by atoms with E-state index in [-0.39, 0.29) is 5.91 Å². The Morgan fingerprint density at radius 2 is 2.12 bits per heavy atom. The summed E-state index contributed by atoms with van der Waals surface area (Å²) < 4.78 is 5.01. The summed E-state index contributed by atoms with van der Waals surface area (Å²) in [5, 5.41) is 3.92. The molecular weight excluding hydrogens is 316 g/mol. The number of aryl methyl sites for hydroxylation is 1. The van der Waals surface area contributed by atoms with Gasteiger partial charge in [0.15, 0.2) is 5.82 Å². The lowest BCUT2D eigenvalue weighted by atomic mass is 9.49. The summed E-state index contributed by atoms with van der Waals surface area (Å²) in [6.07, 6.45) is 5.63. The van der Waals surface area contributed by atoms with E-state index < -0.39 is 0 Å². The second-order valence-electron chi connectivity index (χ2n) is 8.39. The van der Waals surface area contributed by atoms with Crippen LogP contribution in [-0.2, 0) is 11.3 Å². The van der Waals surface area contributed by atoms with Crippen molar-refractivity contribution in [2.75, 3.05) is 26.2 Å². The van der Waals surface area contributed by atoms with E-state index in [2.05, 4.69) is 35.0 Å². The van der Waals surface area contributed by atoms with E-state index in [9.17, 15) is 4.79 Å². The Balaban J connectivity index is 1.36. The highest BCUT2D eigenvalue weighted by Crippen LogP contribution is 2.59. The molecule has 2 atom stereocenters. The van der Waals surface area contributed by atoms with Gasteiger partial charge in [0.05, 0.1) is 6.54 Å². The molecule has 3 aliphatic carbocycles. The quantitative estimate of drug-likeness (QED) is 0.785. The average molecular weight is 344 g/mol. The van der Waals surface area contributed by atoms with Gasteiger partial charge in [-0.3, -0.25) is 9.69 Å². The number of amides is 1. The van der Waals surface area contributed by atoms with Crippen LogP contribution in [0.4, 0.5) is 0 Å². The fourth-order valence-electron chi connectivity index (χ4n) is 4.73. The maximum Gasteiger partial charge on any atom is 0.224 e. The Kier molecular flexibility index (Phi) is 4.18. The number of aromatic nitrogens is 2. The van der Waals surface area contributed by atoms with Crippen LogP contribution < -0.4 is 0 Å². The van der Waals surface area contributed by atoms with E-state index in [4.69, 9.17) is 4.52 Å². The third-order valence-corrected chi connectivity index (χ3v) is 6.57. The molecule has 0 unspecified atom stereocenters. The molecular formula is C19H28N4O2. The number of rotatable bonds is 4. The molecule has 136 valence electrons. The summed E-state index contributed by atoms with van der Waals surface area (Å²) in [6.45, 7) is 10.6. The van der Waals surface area contributed by atoms with E-state index in [1.165, 1.54) is 12.8 Å². The number of carbonyl (C=O) groups excluding carboxylic acids is 1. The van der Waals surface area contributed by atoms with Crippen molar-refractivity contribution >= 4 is 5.91 Å². The molecule has 0 aromatic carbocycles. The van der Waals surface area contributed by atoms with E-state index in [0.717, 1.165) is 38.0 Å². The maximum absolute atomic E-state index is 12.4. The van der Waals surface area contributed by atoms with E-state index in [1.54, 1.807) is 12.5 Å². The largest absolute Gasteiger partial charge is 0.340 e. The molecule has 0 radical (unpaired) electrons. The molecule has 4 aliphatic rings. The Labute approximate surface area is 149 Å². The highest BCUT2D eigenvalue weighted by atomic mass is 16.5. The summed E-state index contributed by atoms with van der Waals surface area (Å²) in [4.78, 5) is 21.0. The third kappa shape index (κ3) is 3.12. The van der Waals surface area contributed by atoms with Gasteiger partial charge in [0.2, 0.25) is 11.8 Å². The van der Waals surface area contributed by atoms with Gasteiger partial charge in [-0.25, -0.2) is 0 Å². The first-order chi connectivity index (χ1) is 11.9. The minimum Gasteiger partial charge on any atom is -0.340 e. The van der Waals surface area contributed by atoms with E-state index in [0.29, 0.717) is 30.1 Å². The van der Waals surface area contributed by atoms with Gasteiger partial charge in [0.1, 0.15) is 0 Å². The zero-order valence-electron chi connectivity index (χ0n) is 15.5. The summed E-state index contributed by atoms with van der Waals surface area (Å²) >= 11 is 0. The molecule has 25 heavy (non-hydrogen) atoms. The predicted molar refractivity (Wildman–Crippen MR) is 93.6 cm³/mol. The molecule has 1 amide bonds. The molecule has 1 aliphatic heterocycles. The van der Waals surface area contributed by atoms with Crippen molar-refractivity contribution in [3.63, 3.8) is 0 Å². The van der Waals surface area contributed by atoms with Gasteiger partial charge in [-0.1, -0.05) is 30.7 Å². The molecule has 0 spiro atoms. The molecule has 0 N–H and O–H groups in total. The third-order valence-electron chi connectivity index (χ3n) is 6.57. The first-order valence-corrected chi connectivity index (χ1v) is 9.41. The number of hydrogen-bond donors (Lipinski definition) is 0. The Hall–Kier alpha value is -1.69. The minimum atomic E-state index is 0.187. The number of allylic oxidation sites excluding steroid dienone is 1. The van der Waals surface area contributed by atoms with Gasteiger partial charge in [-0.15, -0.1) is 0 Å². The Bertz CT molecular complexity index is 693. The van der Waals surface area contributed by atoms with Crippen LogP contribution in [0.25, 0.3) is 0 Å². The summed E-state index contributed by atoms with van der Waals surface area (Å²) in [5.41, 5.74) is 2.07. The molecule has 2 fully saturated rings. The van der Waals surface area contributed by atoms with Crippen molar-refractivity contribution in [1.82, 2.24) is 19.9 Å². The number of nitrogens with zero attached hydrogens (tertiary/aromatic N) is 4. The number of carbonyl (C=O) groups is 1. The molecule has 1 aromatic heterocycles. The average Bonchev–Trinajstić information content (AvgIpc) is 2.92. The maximum atomic E-state index is 12.4. The molecule has 6 nitrogen and oxygen atoms in total. The molecule has 1 saturated heterocycles. The SMILES string of the molecule is Cc1nc(CN2CCN(CC3=CC[C@H]4C[C@@H]3C4(C)C)CCC2=O)no1. The van der Waals surface area contributed by atoms with Crippen LogP contribution in [0.3, 0.4) is 0 Å². The first kappa shape index (κ1) is 16.8. The van der Waals surface area contributed by atoms with Crippen LogP contribution in [0.2, 0.25) is 0 Å². The lowest BCUT2D eigenvalue weighted by Gasteiger charge is -2.57. The number of fused-ring (bicyclic) bond motifs is 1. The van der Waals surface area contributed by atoms with Gasteiger partial charge in [-0.2, -0.15) is 4.98 Å². The molecule has 1 saturated carbocycles. The van der Waals surface area contributed by atoms with Gasteiger partial charge in [0, 0.05) is 39.5 Å². The minimum absolute atomic E-state index is 0.187. The Morgan fingerprint density at radius 3 is 2.80 bits per heavy atom. The summed E-state index contributed by atoms with van der Waals surface area (Å²) in [6, 6.07) is 0. The molecule has 2 heterocycles. The van der Waals surface area contributed by atoms with Crippen molar-refractivity contribution in [1.29, 1.82) is 0 Å². The standard InChI is InChI=1S/C19H28N4O2/c1-13-20-17(21-25-13)12-23-9-8-22(7-6-18(23)24)11-14-4-5-15-10-16(14)19(15,2)3/h4,15-16H,5-12H2,1-3H3/t15-,16-/m0/s1. The summed E-state index contributed by atoms with van der Waals surface area (Å²) in [5.74, 6) is 2.94. The lowest BCUT2D eigenvalue weighted by Crippen LogP contribution is -2.50. The van der Waals surface area contributed by atoms with Crippen molar-refractivity contribution in [2.24, 2.45) is 17.3 Å². The molecule has 6 heteroatoms. The topological polar surface area (TPSA) is 62.5 Å².